The van der Waals surface area contributed by atoms with E-state index in [4.69, 9.17) is 26.8 Å². The average Bonchev–Trinajstić information content (AvgIpc) is 2.45. The van der Waals surface area contributed by atoms with Gasteiger partial charge in [0.2, 0.25) is 5.91 Å². The quantitative estimate of drug-likeness (QED) is 0.791. The predicted octanol–water partition coefficient (Wildman–Crippen LogP) is 1.54. The van der Waals surface area contributed by atoms with Gasteiger partial charge in [-0.15, -0.1) is 0 Å². The Morgan fingerprint density at radius 2 is 2.10 bits per heavy atom. The van der Waals surface area contributed by atoms with Gasteiger partial charge < -0.3 is 20.1 Å². The van der Waals surface area contributed by atoms with E-state index in [0.29, 0.717) is 37.0 Å². The van der Waals surface area contributed by atoms with Crippen LogP contribution in [0.1, 0.15) is 6.42 Å². The second-order valence-corrected chi connectivity index (χ2v) is 4.83. The van der Waals surface area contributed by atoms with E-state index in [2.05, 4.69) is 0 Å². The highest BCUT2D eigenvalue weighted by molar-refractivity contribution is 6.32. The maximum atomic E-state index is 11.9. The van der Waals surface area contributed by atoms with Crippen LogP contribution in [0.5, 0.6) is 5.75 Å². The predicted molar refractivity (Wildman–Crippen MR) is 79.1 cm³/mol. The smallest absolute Gasteiger partial charge is 0.239 e. The Labute approximate surface area is 124 Å². The number of rotatable bonds is 8. The summed E-state index contributed by atoms with van der Waals surface area (Å²) in [5.74, 6) is 0.489. The van der Waals surface area contributed by atoms with Crippen LogP contribution in [0.15, 0.2) is 24.3 Å². The molecule has 6 heteroatoms. The zero-order chi connectivity index (χ0) is 15.0. The maximum absolute atomic E-state index is 11.9. The van der Waals surface area contributed by atoms with E-state index < -0.39 is 6.04 Å². The van der Waals surface area contributed by atoms with Gasteiger partial charge in [-0.3, -0.25) is 4.79 Å². The Balaban J connectivity index is 2.34. The number of carbonyl (C=O) groups excluding carboxylic acids is 1. The lowest BCUT2D eigenvalue weighted by atomic mass is 10.2. The van der Waals surface area contributed by atoms with Crippen molar-refractivity contribution < 1.29 is 14.3 Å². The van der Waals surface area contributed by atoms with Crippen molar-refractivity contribution in [3.05, 3.63) is 29.3 Å². The molecule has 1 rings (SSSR count). The number of carbonyl (C=O) groups is 1. The first-order valence-electron chi connectivity index (χ1n) is 6.43. The molecule has 20 heavy (non-hydrogen) atoms. The van der Waals surface area contributed by atoms with Crippen LogP contribution in [-0.2, 0) is 9.53 Å². The number of methoxy groups -OCH3 is 1. The third kappa shape index (κ3) is 5.36. The Morgan fingerprint density at radius 3 is 2.75 bits per heavy atom. The van der Waals surface area contributed by atoms with Crippen molar-refractivity contribution in [2.45, 2.75) is 12.5 Å². The molecule has 112 valence electrons. The number of amides is 1. The van der Waals surface area contributed by atoms with Gasteiger partial charge in [0.15, 0.2) is 0 Å². The Hall–Kier alpha value is -1.30. The molecule has 0 aromatic heterocycles. The number of nitrogens with two attached hydrogens (primary N) is 1. The Morgan fingerprint density at radius 1 is 1.40 bits per heavy atom. The van der Waals surface area contributed by atoms with Crippen molar-refractivity contribution in [2.24, 2.45) is 5.73 Å². The lowest BCUT2D eigenvalue weighted by Gasteiger charge is -2.21. The van der Waals surface area contributed by atoms with E-state index in [1.807, 2.05) is 12.1 Å². The van der Waals surface area contributed by atoms with Crippen LogP contribution in [0.25, 0.3) is 0 Å². The highest BCUT2D eigenvalue weighted by Gasteiger charge is 2.17. The molecule has 0 saturated heterocycles. The molecule has 0 bridgehead atoms. The molecule has 1 aromatic rings. The van der Waals surface area contributed by atoms with Crippen molar-refractivity contribution in [3.8, 4) is 5.75 Å². The molecule has 1 aromatic carbocycles. The van der Waals surface area contributed by atoms with Crippen LogP contribution in [0, 0.1) is 0 Å². The molecule has 1 amide bonds. The van der Waals surface area contributed by atoms with E-state index in [1.54, 1.807) is 31.2 Å². The van der Waals surface area contributed by atoms with Gasteiger partial charge in [-0.05, 0) is 18.6 Å². The minimum absolute atomic E-state index is 0.121. The van der Waals surface area contributed by atoms with Crippen molar-refractivity contribution in [2.75, 3.05) is 33.9 Å². The van der Waals surface area contributed by atoms with E-state index in [0.717, 1.165) is 0 Å². The lowest BCUT2D eigenvalue weighted by molar-refractivity contribution is -0.132. The summed E-state index contributed by atoms with van der Waals surface area (Å²) >= 11 is 5.97. The second-order valence-electron chi connectivity index (χ2n) is 4.43. The van der Waals surface area contributed by atoms with Crippen LogP contribution in [0.3, 0.4) is 0 Å². The first-order chi connectivity index (χ1) is 9.56. The number of ether oxygens (including phenoxy) is 2. The summed E-state index contributed by atoms with van der Waals surface area (Å²) < 4.78 is 10.4. The van der Waals surface area contributed by atoms with Crippen LogP contribution < -0.4 is 10.5 Å². The number of hydrogen-bond acceptors (Lipinski definition) is 4. The van der Waals surface area contributed by atoms with E-state index >= 15 is 0 Å². The van der Waals surface area contributed by atoms with Crippen LogP contribution in [0.4, 0.5) is 0 Å². The fourth-order valence-electron chi connectivity index (χ4n) is 1.62. The third-order valence-electron chi connectivity index (χ3n) is 2.85. The van der Waals surface area contributed by atoms with Gasteiger partial charge in [-0.1, -0.05) is 23.7 Å². The molecule has 0 fully saturated rings. The Kier molecular flexibility index (Phi) is 7.36. The topological polar surface area (TPSA) is 64.8 Å². The summed E-state index contributed by atoms with van der Waals surface area (Å²) in [4.78, 5) is 13.5. The van der Waals surface area contributed by atoms with Crippen LogP contribution >= 0.6 is 11.6 Å². The SMILES string of the molecule is COCCC(N)C(=O)N(C)CCOc1ccccc1Cl. The summed E-state index contributed by atoms with van der Waals surface area (Å²) in [5, 5.41) is 0.554. The summed E-state index contributed by atoms with van der Waals surface area (Å²) in [6, 6.07) is 6.68. The van der Waals surface area contributed by atoms with Crippen molar-refractivity contribution in [1.29, 1.82) is 0 Å². The van der Waals surface area contributed by atoms with Gasteiger partial charge in [0.05, 0.1) is 17.6 Å². The summed E-state index contributed by atoms with van der Waals surface area (Å²) in [6.07, 6.45) is 0.505. The van der Waals surface area contributed by atoms with E-state index in [9.17, 15) is 4.79 Å². The first kappa shape index (κ1) is 16.8. The number of nitrogens with zero attached hydrogens (tertiary/aromatic N) is 1. The monoisotopic (exact) mass is 300 g/mol. The van der Waals surface area contributed by atoms with Crippen molar-refractivity contribution >= 4 is 17.5 Å². The van der Waals surface area contributed by atoms with Crippen molar-refractivity contribution in [1.82, 2.24) is 4.90 Å². The number of likely N-dealkylation sites (N-methyl/N-ethyl adjacent to an activating group) is 1. The van der Waals surface area contributed by atoms with Gasteiger partial charge in [-0.2, -0.15) is 0 Å². The lowest BCUT2D eigenvalue weighted by Crippen LogP contribution is -2.43. The zero-order valence-electron chi connectivity index (χ0n) is 11.8. The molecule has 0 heterocycles. The molecule has 1 unspecified atom stereocenters. The maximum Gasteiger partial charge on any atom is 0.239 e. The third-order valence-corrected chi connectivity index (χ3v) is 3.16. The molecule has 0 radical (unpaired) electrons. The van der Waals surface area contributed by atoms with E-state index in [-0.39, 0.29) is 5.91 Å². The van der Waals surface area contributed by atoms with E-state index in [1.165, 1.54) is 0 Å². The Bertz CT molecular complexity index is 429. The van der Waals surface area contributed by atoms with Crippen LogP contribution in [-0.4, -0.2) is 50.8 Å². The first-order valence-corrected chi connectivity index (χ1v) is 6.81. The standard InChI is InChI=1S/C14H21ClN2O3/c1-17(14(18)12(16)7-9-19-2)8-10-20-13-6-4-3-5-11(13)15/h3-6,12H,7-10,16H2,1-2H3. The molecule has 0 aliphatic rings. The van der Waals surface area contributed by atoms with Gasteiger partial charge >= 0.3 is 0 Å². The molecule has 0 saturated carbocycles. The molecular formula is C14H21ClN2O3. The number of hydrogen-bond donors (Lipinski definition) is 1. The summed E-state index contributed by atoms with van der Waals surface area (Å²) in [7, 11) is 3.28. The highest BCUT2D eigenvalue weighted by atomic mass is 35.5. The highest BCUT2D eigenvalue weighted by Crippen LogP contribution is 2.22. The molecule has 0 aliphatic carbocycles. The van der Waals surface area contributed by atoms with Gasteiger partial charge in [0, 0.05) is 20.8 Å². The fourth-order valence-corrected chi connectivity index (χ4v) is 1.81. The normalized spacial score (nSPS) is 12.0. The molecule has 2 N–H and O–H groups in total. The minimum Gasteiger partial charge on any atom is -0.490 e. The molecule has 0 aliphatic heterocycles. The fraction of sp³-hybridized carbons (Fsp3) is 0.500. The van der Waals surface area contributed by atoms with Gasteiger partial charge in [-0.25, -0.2) is 0 Å². The zero-order valence-corrected chi connectivity index (χ0v) is 12.6. The second kappa shape index (κ2) is 8.79. The molecular weight excluding hydrogens is 280 g/mol. The number of benzene rings is 1. The number of para-hydroxylation sites is 1. The minimum atomic E-state index is -0.541. The molecule has 5 nitrogen and oxygen atoms in total. The van der Waals surface area contributed by atoms with Gasteiger partial charge in [0.1, 0.15) is 12.4 Å². The number of halogens is 1. The summed E-state index contributed by atoms with van der Waals surface area (Å²) in [6.45, 7) is 1.28. The van der Waals surface area contributed by atoms with Crippen LogP contribution in [0.2, 0.25) is 5.02 Å². The molecule has 0 spiro atoms. The largest absolute Gasteiger partial charge is 0.490 e. The van der Waals surface area contributed by atoms with Gasteiger partial charge in [0.25, 0.3) is 0 Å². The average molecular weight is 301 g/mol. The molecule has 1 atom stereocenters. The summed E-state index contributed by atoms with van der Waals surface area (Å²) in [5.41, 5.74) is 5.78. The van der Waals surface area contributed by atoms with Crippen molar-refractivity contribution in [3.63, 3.8) is 0 Å².